The van der Waals surface area contributed by atoms with Crippen molar-refractivity contribution >= 4 is 11.6 Å². The maximum Gasteiger partial charge on any atom is 0.144 e. The molecule has 1 aromatic carbocycles. The first-order chi connectivity index (χ1) is 7.58. The van der Waals surface area contributed by atoms with Gasteiger partial charge in [-0.25, -0.2) is 9.37 Å². The van der Waals surface area contributed by atoms with E-state index in [1.54, 1.807) is 25.1 Å². The Morgan fingerprint density at radius 1 is 1.25 bits per heavy atom. The van der Waals surface area contributed by atoms with Crippen molar-refractivity contribution < 1.29 is 9.50 Å². The monoisotopic (exact) mass is 237 g/mol. The Morgan fingerprint density at radius 2 is 1.88 bits per heavy atom. The summed E-state index contributed by atoms with van der Waals surface area (Å²) in [6.07, 6.45) is 0. The van der Waals surface area contributed by atoms with Crippen LogP contribution in [-0.2, 0) is 0 Å². The van der Waals surface area contributed by atoms with Gasteiger partial charge >= 0.3 is 0 Å². The highest BCUT2D eigenvalue weighted by atomic mass is 35.5. The van der Waals surface area contributed by atoms with Crippen LogP contribution in [0.2, 0.25) is 5.15 Å². The first-order valence-corrected chi connectivity index (χ1v) is 5.08. The smallest absolute Gasteiger partial charge is 0.144 e. The van der Waals surface area contributed by atoms with Gasteiger partial charge in [0.15, 0.2) is 0 Å². The summed E-state index contributed by atoms with van der Waals surface area (Å²) in [4.78, 5) is 4.03. The van der Waals surface area contributed by atoms with Crippen LogP contribution in [0.25, 0.3) is 11.3 Å². The molecule has 0 spiro atoms. The molecular formula is C12H9ClFNO. The molecule has 0 aliphatic heterocycles. The Balaban J connectivity index is 2.59. The first-order valence-electron chi connectivity index (χ1n) is 4.70. The average molecular weight is 238 g/mol. The summed E-state index contributed by atoms with van der Waals surface area (Å²) in [6.45, 7) is 1.73. The summed E-state index contributed by atoms with van der Waals surface area (Å²) in [7, 11) is 0. The third kappa shape index (κ3) is 1.99. The number of pyridine rings is 1. The van der Waals surface area contributed by atoms with Crippen molar-refractivity contribution in [2.45, 2.75) is 6.92 Å². The number of hydrogen-bond acceptors (Lipinski definition) is 2. The summed E-state index contributed by atoms with van der Waals surface area (Å²) in [5.74, 6) is -0.266. The molecule has 0 saturated carbocycles. The molecule has 2 nitrogen and oxygen atoms in total. The van der Waals surface area contributed by atoms with Crippen molar-refractivity contribution in [1.82, 2.24) is 4.98 Å². The van der Waals surface area contributed by atoms with E-state index in [0.717, 1.165) is 0 Å². The molecule has 0 unspecified atom stereocenters. The molecule has 16 heavy (non-hydrogen) atoms. The van der Waals surface area contributed by atoms with Crippen LogP contribution in [0, 0.1) is 12.7 Å². The summed E-state index contributed by atoms with van der Waals surface area (Å²) in [5, 5.41) is 10.1. The van der Waals surface area contributed by atoms with E-state index in [4.69, 9.17) is 11.6 Å². The van der Waals surface area contributed by atoms with Crippen LogP contribution in [0.15, 0.2) is 30.3 Å². The van der Waals surface area contributed by atoms with Gasteiger partial charge in [-0.15, -0.1) is 0 Å². The Bertz CT molecular complexity index is 525. The van der Waals surface area contributed by atoms with E-state index < -0.39 is 0 Å². The van der Waals surface area contributed by atoms with Gasteiger partial charge in [0.05, 0.1) is 0 Å². The van der Waals surface area contributed by atoms with Crippen molar-refractivity contribution in [3.63, 3.8) is 0 Å². The van der Waals surface area contributed by atoms with Gasteiger partial charge in [0.1, 0.15) is 22.4 Å². The zero-order chi connectivity index (χ0) is 11.7. The molecule has 0 aliphatic carbocycles. The van der Waals surface area contributed by atoms with Crippen LogP contribution in [0.5, 0.6) is 5.75 Å². The quantitative estimate of drug-likeness (QED) is 0.770. The van der Waals surface area contributed by atoms with Crippen LogP contribution < -0.4 is 0 Å². The molecule has 0 fully saturated rings. The van der Waals surface area contributed by atoms with Gasteiger partial charge in [0.25, 0.3) is 0 Å². The van der Waals surface area contributed by atoms with Gasteiger partial charge in [-0.05, 0) is 42.8 Å². The van der Waals surface area contributed by atoms with Gasteiger partial charge < -0.3 is 5.11 Å². The first kappa shape index (κ1) is 10.9. The molecule has 0 bridgehead atoms. The average Bonchev–Trinajstić information content (AvgIpc) is 2.25. The highest BCUT2D eigenvalue weighted by Gasteiger charge is 2.10. The molecule has 82 valence electrons. The Kier molecular flexibility index (Phi) is 2.79. The van der Waals surface area contributed by atoms with Crippen LogP contribution in [0.1, 0.15) is 5.56 Å². The molecule has 0 atom stereocenters. The second kappa shape index (κ2) is 4.10. The molecule has 0 amide bonds. The Morgan fingerprint density at radius 3 is 2.50 bits per heavy atom. The van der Waals surface area contributed by atoms with Gasteiger partial charge in [-0.2, -0.15) is 0 Å². The van der Waals surface area contributed by atoms with Crippen molar-refractivity contribution in [3.05, 3.63) is 46.9 Å². The van der Waals surface area contributed by atoms with Gasteiger partial charge in [-0.1, -0.05) is 11.6 Å². The maximum absolute atomic E-state index is 12.8. The van der Waals surface area contributed by atoms with Crippen molar-refractivity contribution in [3.8, 4) is 17.0 Å². The number of nitrogens with zero attached hydrogens (tertiary/aromatic N) is 1. The highest BCUT2D eigenvalue weighted by molar-refractivity contribution is 6.29. The standard InChI is InChI=1S/C12H9ClFNO/c1-7-6-10(13)15-11(12(7)16)8-2-4-9(14)5-3-8/h2-6,16H,1H3. The lowest BCUT2D eigenvalue weighted by Gasteiger charge is -2.07. The zero-order valence-corrected chi connectivity index (χ0v) is 9.29. The third-order valence-electron chi connectivity index (χ3n) is 2.27. The Labute approximate surface area is 97.3 Å². The van der Waals surface area contributed by atoms with Crippen molar-refractivity contribution in [2.24, 2.45) is 0 Å². The van der Waals surface area contributed by atoms with E-state index >= 15 is 0 Å². The predicted molar refractivity (Wildman–Crippen MR) is 61.0 cm³/mol. The minimum Gasteiger partial charge on any atom is -0.505 e. The normalized spacial score (nSPS) is 10.4. The number of rotatable bonds is 1. The lowest BCUT2D eigenvalue weighted by molar-refractivity contribution is 0.471. The number of hydrogen-bond donors (Lipinski definition) is 1. The number of benzene rings is 1. The molecule has 2 aromatic rings. The molecule has 4 heteroatoms. The van der Waals surface area contributed by atoms with Crippen LogP contribution in [0.3, 0.4) is 0 Å². The number of halogens is 2. The van der Waals surface area contributed by atoms with E-state index in [2.05, 4.69) is 4.98 Å². The topological polar surface area (TPSA) is 33.1 Å². The van der Waals surface area contributed by atoms with Crippen LogP contribution in [-0.4, -0.2) is 10.1 Å². The van der Waals surface area contributed by atoms with Crippen molar-refractivity contribution in [2.75, 3.05) is 0 Å². The lowest BCUT2D eigenvalue weighted by Crippen LogP contribution is -1.88. The minimum atomic E-state index is -0.331. The fraction of sp³-hybridized carbons (Fsp3) is 0.0833. The zero-order valence-electron chi connectivity index (χ0n) is 8.54. The Hall–Kier alpha value is -1.61. The highest BCUT2D eigenvalue weighted by Crippen LogP contribution is 2.31. The second-order valence-corrected chi connectivity index (χ2v) is 3.85. The van der Waals surface area contributed by atoms with E-state index in [-0.39, 0.29) is 11.6 Å². The van der Waals surface area contributed by atoms with E-state index in [9.17, 15) is 9.50 Å². The van der Waals surface area contributed by atoms with Gasteiger partial charge in [-0.3, -0.25) is 0 Å². The maximum atomic E-state index is 12.8. The van der Waals surface area contributed by atoms with Crippen LogP contribution in [0.4, 0.5) is 4.39 Å². The van der Waals surface area contributed by atoms with Crippen LogP contribution >= 0.6 is 11.6 Å². The summed E-state index contributed by atoms with van der Waals surface area (Å²) in [6, 6.07) is 7.30. The molecule has 1 aromatic heterocycles. The molecule has 0 aliphatic rings. The van der Waals surface area contributed by atoms with E-state index in [0.29, 0.717) is 22.0 Å². The predicted octanol–water partition coefficient (Wildman–Crippen LogP) is 3.56. The van der Waals surface area contributed by atoms with Gasteiger partial charge in [0.2, 0.25) is 0 Å². The molecular weight excluding hydrogens is 229 g/mol. The number of aryl methyl sites for hydroxylation is 1. The lowest BCUT2D eigenvalue weighted by atomic mass is 10.1. The SMILES string of the molecule is Cc1cc(Cl)nc(-c2ccc(F)cc2)c1O. The largest absolute Gasteiger partial charge is 0.505 e. The van der Waals surface area contributed by atoms with E-state index in [1.807, 2.05) is 0 Å². The van der Waals surface area contributed by atoms with Gasteiger partial charge in [0, 0.05) is 5.56 Å². The van der Waals surface area contributed by atoms with Crippen molar-refractivity contribution in [1.29, 1.82) is 0 Å². The molecule has 1 heterocycles. The second-order valence-electron chi connectivity index (χ2n) is 3.47. The molecule has 0 radical (unpaired) electrons. The summed E-state index contributed by atoms with van der Waals surface area (Å²) in [5.41, 5.74) is 1.63. The minimum absolute atomic E-state index is 0.0657. The fourth-order valence-corrected chi connectivity index (χ4v) is 1.68. The summed E-state index contributed by atoms with van der Waals surface area (Å²) < 4.78 is 12.8. The number of aromatic nitrogens is 1. The van der Waals surface area contributed by atoms with E-state index in [1.165, 1.54) is 12.1 Å². The summed E-state index contributed by atoms with van der Waals surface area (Å²) >= 11 is 5.81. The fourth-order valence-electron chi connectivity index (χ4n) is 1.43. The number of aromatic hydroxyl groups is 1. The molecule has 2 rings (SSSR count). The molecule has 1 N–H and O–H groups in total. The third-order valence-corrected chi connectivity index (χ3v) is 2.46. The molecule has 0 saturated heterocycles.